The van der Waals surface area contributed by atoms with Crippen LogP contribution < -0.4 is 10.1 Å². The van der Waals surface area contributed by atoms with Gasteiger partial charge in [0.25, 0.3) is 6.01 Å². The number of aromatic nitrogens is 2. The molecule has 2 aromatic heterocycles. The van der Waals surface area contributed by atoms with Gasteiger partial charge >= 0.3 is 0 Å². The van der Waals surface area contributed by atoms with Crippen molar-refractivity contribution in [2.45, 2.75) is 136 Å². The Morgan fingerprint density at radius 3 is 2.43 bits per heavy atom. The molecule has 0 spiro atoms. The van der Waals surface area contributed by atoms with Crippen LogP contribution in [0.25, 0.3) is 11.1 Å². The van der Waals surface area contributed by atoms with Crippen molar-refractivity contribution in [2.75, 3.05) is 11.9 Å². The molecule has 3 aliphatic rings. The maximum absolute atomic E-state index is 14.9. The molecule has 2 saturated carbocycles. The van der Waals surface area contributed by atoms with E-state index in [1.807, 2.05) is 52.8 Å². The van der Waals surface area contributed by atoms with Crippen LogP contribution in [0.4, 0.5) is 6.01 Å². The summed E-state index contributed by atoms with van der Waals surface area (Å²) in [5.74, 6) is -2.51. The Kier molecular flexibility index (Phi) is 13.3. The van der Waals surface area contributed by atoms with Crippen LogP contribution >= 0.6 is 11.6 Å². The van der Waals surface area contributed by atoms with Gasteiger partial charge in [0.2, 0.25) is 17.6 Å². The number of nitrogens with one attached hydrogen (secondary N) is 1. The maximum atomic E-state index is 14.9. The second-order valence-corrected chi connectivity index (χ2v) is 17.9. The molecule has 56 heavy (non-hydrogen) atoms. The molecular weight excluding hydrogens is 732 g/mol. The van der Waals surface area contributed by atoms with E-state index in [4.69, 9.17) is 20.8 Å². The van der Waals surface area contributed by atoms with E-state index in [-0.39, 0.29) is 67.6 Å². The molecule has 3 fully saturated rings. The summed E-state index contributed by atoms with van der Waals surface area (Å²) < 4.78 is 12.3. The number of fused-ring (bicyclic) bond motifs is 1. The SMILES string of the molecule is CCC[C@H](CC(=O)[C@@H]1C[C@@H](Oc2ccc(Cl)cn2)CN1C(=O)[C@@H](CC(=O)[C@@H](Nc1nc2ccc(C)cc2o1)C1CCCCC1)C(C)(C)C)C(=O)C(=O)CC1CC1. The lowest BCUT2D eigenvalue weighted by atomic mass is 9.74. The van der Waals surface area contributed by atoms with Crippen molar-refractivity contribution in [1.29, 1.82) is 0 Å². The molecule has 3 aromatic rings. The van der Waals surface area contributed by atoms with Gasteiger partial charge in [0.15, 0.2) is 22.9 Å². The third-order valence-electron chi connectivity index (χ3n) is 11.8. The average Bonchev–Trinajstić information content (AvgIpc) is 3.73. The fourth-order valence-corrected chi connectivity index (χ4v) is 8.56. The number of halogens is 1. The van der Waals surface area contributed by atoms with E-state index in [9.17, 15) is 24.0 Å². The lowest BCUT2D eigenvalue weighted by molar-refractivity contribution is -0.147. The van der Waals surface area contributed by atoms with Gasteiger partial charge < -0.3 is 19.4 Å². The van der Waals surface area contributed by atoms with Crippen LogP contribution in [0.15, 0.2) is 40.9 Å². The van der Waals surface area contributed by atoms with Gasteiger partial charge in [0.05, 0.1) is 23.7 Å². The molecule has 12 heteroatoms. The van der Waals surface area contributed by atoms with E-state index in [0.29, 0.717) is 34.8 Å². The smallest absolute Gasteiger partial charge is 0.296 e. The number of rotatable bonds is 18. The number of carbonyl (C=O) groups is 5. The van der Waals surface area contributed by atoms with Crippen molar-refractivity contribution in [3.05, 3.63) is 47.1 Å². The number of benzene rings is 1. The van der Waals surface area contributed by atoms with Crippen molar-refractivity contribution in [3.63, 3.8) is 0 Å². The lowest BCUT2D eigenvalue weighted by Gasteiger charge is -2.36. The number of nitrogens with zero attached hydrogens (tertiary/aromatic N) is 3. The topological polar surface area (TPSA) is 149 Å². The third kappa shape index (κ3) is 10.4. The summed E-state index contributed by atoms with van der Waals surface area (Å²) in [7, 11) is 0. The van der Waals surface area contributed by atoms with Gasteiger partial charge in [-0.1, -0.05) is 71.0 Å². The van der Waals surface area contributed by atoms with Crippen LogP contribution in [-0.4, -0.2) is 68.6 Å². The first-order chi connectivity index (χ1) is 26.7. The van der Waals surface area contributed by atoms with Gasteiger partial charge in [0, 0.05) is 49.8 Å². The van der Waals surface area contributed by atoms with Crippen molar-refractivity contribution >= 4 is 57.8 Å². The van der Waals surface area contributed by atoms with E-state index < -0.39 is 47.0 Å². The lowest BCUT2D eigenvalue weighted by Crippen LogP contribution is -2.49. The van der Waals surface area contributed by atoms with Crippen molar-refractivity contribution < 1.29 is 33.1 Å². The number of hydrogen-bond acceptors (Lipinski definition) is 10. The van der Waals surface area contributed by atoms with Crippen molar-refractivity contribution in [3.8, 4) is 5.88 Å². The molecule has 1 aromatic carbocycles. The summed E-state index contributed by atoms with van der Waals surface area (Å²) in [4.78, 5) is 80.6. The number of oxazole rings is 1. The molecule has 2 aliphatic carbocycles. The number of ketones is 4. The largest absolute Gasteiger partial charge is 0.472 e. The number of pyridine rings is 1. The summed E-state index contributed by atoms with van der Waals surface area (Å²) in [6, 6.07) is 7.83. The van der Waals surface area contributed by atoms with Crippen molar-refractivity contribution in [2.24, 2.45) is 29.1 Å². The van der Waals surface area contributed by atoms with Gasteiger partial charge in [-0.25, -0.2) is 4.98 Å². The Morgan fingerprint density at radius 2 is 1.77 bits per heavy atom. The summed E-state index contributed by atoms with van der Waals surface area (Å²) in [6.07, 6.45) is 8.95. The number of anilines is 1. The minimum absolute atomic E-state index is 0.0464. The zero-order valence-corrected chi connectivity index (χ0v) is 34.2. The standard InChI is InChI=1S/C44H57ClN4O7/c1-6-10-29(41(53)37(52)20-27-14-15-27)21-35(50)34-22-31(55-39-18-16-30(45)24-46-39)25-49(34)42(54)32(44(3,4)5)23-36(51)40(28-11-8-7-9-12-28)48-43-47-33-17-13-26(2)19-38(33)56-43/h13,16-19,24,27-29,31-32,34,40H,6-12,14-15,20-23,25H2,1-5H3,(H,47,48)/t29-,31-,32-,34+,40+/m1/s1. The predicted octanol–water partition coefficient (Wildman–Crippen LogP) is 8.53. The fourth-order valence-electron chi connectivity index (χ4n) is 8.45. The van der Waals surface area contributed by atoms with Crippen LogP contribution in [0, 0.1) is 36.0 Å². The molecule has 0 unspecified atom stereocenters. The molecule has 0 bridgehead atoms. The van der Waals surface area contributed by atoms with E-state index in [1.54, 1.807) is 17.0 Å². The summed E-state index contributed by atoms with van der Waals surface area (Å²) in [6.45, 7) is 9.82. The molecule has 1 N–H and O–H groups in total. The number of Topliss-reactive ketones (excluding diaryl/α,β-unsaturated/α-hetero) is 4. The highest BCUT2D eigenvalue weighted by atomic mass is 35.5. The number of amides is 1. The number of ether oxygens (including phenoxy) is 1. The monoisotopic (exact) mass is 788 g/mol. The highest BCUT2D eigenvalue weighted by molar-refractivity contribution is 6.38. The number of likely N-dealkylation sites (tertiary alicyclic amines) is 1. The van der Waals surface area contributed by atoms with Gasteiger partial charge in [0.1, 0.15) is 11.6 Å². The minimum atomic E-state index is -0.902. The van der Waals surface area contributed by atoms with E-state index in [2.05, 4.69) is 15.3 Å². The number of aryl methyl sites for hydroxylation is 1. The molecule has 3 heterocycles. The maximum Gasteiger partial charge on any atom is 0.296 e. The first kappa shape index (κ1) is 41.5. The second kappa shape index (κ2) is 18.0. The van der Waals surface area contributed by atoms with Crippen molar-refractivity contribution in [1.82, 2.24) is 14.9 Å². The first-order valence-corrected chi connectivity index (χ1v) is 20.9. The third-order valence-corrected chi connectivity index (χ3v) is 12.1. The second-order valence-electron chi connectivity index (χ2n) is 17.5. The quantitative estimate of drug-likeness (QED) is 0.124. The Hall–Kier alpha value is -4.12. The van der Waals surface area contributed by atoms with Gasteiger partial charge in [-0.2, -0.15) is 4.98 Å². The van der Waals surface area contributed by atoms with Crippen LogP contribution in [0.3, 0.4) is 0 Å². The Morgan fingerprint density at radius 1 is 1.02 bits per heavy atom. The Labute approximate surface area is 335 Å². The molecule has 6 rings (SSSR count). The van der Waals surface area contributed by atoms with E-state index >= 15 is 0 Å². The summed E-state index contributed by atoms with van der Waals surface area (Å²) >= 11 is 6.06. The Balaban J connectivity index is 1.25. The highest BCUT2D eigenvalue weighted by Crippen LogP contribution is 2.38. The fraction of sp³-hybridized carbons (Fsp3) is 0.614. The van der Waals surface area contributed by atoms with Gasteiger partial charge in [-0.05, 0) is 80.0 Å². The molecule has 1 saturated heterocycles. The molecule has 11 nitrogen and oxygen atoms in total. The minimum Gasteiger partial charge on any atom is -0.472 e. The highest BCUT2D eigenvalue weighted by Gasteiger charge is 2.47. The Bertz CT molecular complexity index is 1890. The molecule has 1 aliphatic heterocycles. The molecule has 5 atom stereocenters. The predicted molar refractivity (Wildman–Crippen MR) is 214 cm³/mol. The number of carbonyl (C=O) groups excluding carboxylic acids is 5. The zero-order valence-electron chi connectivity index (χ0n) is 33.5. The van der Waals surface area contributed by atoms with Crippen LogP contribution in [0.2, 0.25) is 5.02 Å². The molecule has 0 radical (unpaired) electrons. The normalized spacial score (nSPS) is 20.7. The van der Waals surface area contributed by atoms with Gasteiger partial charge in [-0.3, -0.25) is 24.0 Å². The van der Waals surface area contributed by atoms with E-state index in [1.165, 1.54) is 6.20 Å². The zero-order chi connectivity index (χ0) is 40.1. The van der Waals surface area contributed by atoms with Crippen LogP contribution in [0.1, 0.15) is 117 Å². The molecule has 302 valence electrons. The van der Waals surface area contributed by atoms with Crippen LogP contribution in [0.5, 0.6) is 5.88 Å². The van der Waals surface area contributed by atoms with Gasteiger partial charge in [-0.15, -0.1) is 0 Å². The summed E-state index contributed by atoms with van der Waals surface area (Å²) in [5, 5.41) is 3.80. The average molecular weight is 789 g/mol. The first-order valence-electron chi connectivity index (χ1n) is 20.5. The molecule has 1 amide bonds. The summed E-state index contributed by atoms with van der Waals surface area (Å²) in [5.41, 5.74) is 1.72. The van der Waals surface area contributed by atoms with E-state index in [0.717, 1.165) is 50.5 Å². The number of hydrogen-bond donors (Lipinski definition) is 1. The van der Waals surface area contributed by atoms with Crippen LogP contribution in [-0.2, 0) is 24.0 Å². The molecular formula is C44H57ClN4O7.